The Labute approximate surface area is 133 Å². The summed E-state index contributed by atoms with van der Waals surface area (Å²) in [6.07, 6.45) is 5.16. The van der Waals surface area contributed by atoms with Gasteiger partial charge in [0.25, 0.3) is 0 Å². The van der Waals surface area contributed by atoms with Crippen LogP contribution in [-0.4, -0.2) is 34.0 Å². The van der Waals surface area contributed by atoms with Crippen LogP contribution in [-0.2, 0) is 10.0 Å². The number of unbranched alkanes of at least 4 members (excludes halogenated alkanes) is 2. The Bertz CT molecular complexity index is 501. The third kappa shape index (κ3) is 6.38. The first-order valence-electron chi connectivity index (χ1n) is 7.27. The lowest BCUT2D eigenvalue weighted by Gasteiger charge is -2.11. The van der Waals surface area contributed by atoms with Crippen LogP contribution in [0.1, 0.15) is 37.8 Å². The first kappa shape index (κ1) is 18.5. The zero-order chi connectivity index (χ0) is 15.7. The van der Waals surface area contributed by atoms with E-state index in [1.54, 1.807) is 12.1 Å². The van der Waals surface area contributed by atoms with Gasteiger partial charge in [-0.2, -0.15) is 11.8 Å². The smallest absolute Gasteiger partial charge is 0.240 e. The van der Waals surface area contributed by atoms with Gasteiger partial charge in [-0.1, -0.05) is 18.6 Å². The maximum atomic E-state index is 12.1. The van der Waals surface area contributed by atoms with E-state index in [1.165, 1.54) is 0 Å². The number of hydrogen-bond donors (Lipinski definition) is 2. The van der Waals surface area contributed by atoms with E-state index in [0.717, 1.165) is 30.6 Å². The van der Waals surface area contributed by atoms with Crippen molar-refractivity contribution in [3.8, 4) is 0 Å². The highest BCUT2D eigenvalue weighted by atomic mass is 32.2. The summed E-state index contributed by atoms with van der Waals surface area (Å²) in [5.41, 5.74) is 1.08. The number of hydrogen-bond acceptors (Lipinski definition) is 4. The van der Waals surface area contributed by atoms with Gasteiger partial charge >= 0.3 is 0 Å². The summed E-state index contributed by atoms with van der Waals surface area (Å²) in [6, 6.07) is 7.26. The van der Waals surface area contributed by atoms with Crippen molar-refractivity contribution in [2.45, 2.75) is 37.1 Å². The Morgan fingerprint density at radius 2 is 1.81 bits per heavy atom. The second-order valence-corrected chi connectivity index (χ2v) is 7.78. The zero-order valence-electron chi connectivity index (χ0n) is 13.1. The van der Waals surface area contributed by atoms with Gasteiger partial charge in [-0.05, 0) is 56.5 Å². The quantitative estimate of drug-likeness (QED) is 0.648. The van der Waals surface area contributed by atoms with E-state index < -0.39 is 10.0 Å². The van der Waals surface area contributed by atoms with E-state index in [4.69, 9.17) is 0 Å². The Hall–Kier alpha value is -0.560. The van der Waals surface area contributed by atoms with Gasteiger partial charge < -0.3 is 5.32 Å². The molecule has 120 valence electrons. The molecule has 2 N–H and O–H groups in total. The molecule has 0 aromatic heterocycles. The molecular weight excluding hydrogens is 304 g/mol. The maximum absolute atomic E-state index is 12.1. The molecule has 1 aromatic carbocycles. The van der Waals surface area contributed by atoms with Gasteiger partial charge in [-0.25, -0.2) is 13.1 Å². The average molecular weight is 331 g/mol. The van der Waals surface area contributed by atoms with Crippen LogP contribution in [0.2, 0.25) is 0 Å². The van der Waals surface area contributed by atoms with Crippen LogP contribution in [0.3, 0.4) is 0 Å². The molecule has 0 spiro atoms. The number of thioether (sulfide) groups is 1. The molecule has 0 amide bonds. The highest BCUT2D eigenvalue weighted by Crippen LogP contribution is 2.15. The van der Waals surface area contributed by atoms with Crippen molar-refractivity contribution in [1.82, 2.24) is 10.0 Å². The van der Waals surface area contributed by atoms with Gasteiger partial charge in [0.1, 0.15) is 0 Å². The standard InChI is InChI=1S/C15H26N2O2S2/c1-13(16-2)14-7-9-15(10-8-14)21(18,19)17-11-5-4-6-12-20-3/h7-10,13,16-17H,4-6,11-12H2,1-3H3. The first-order chi connectivity index (χ1) is 10.0. The van der Waals surface area contributed by atoms with Gasteiger partial charge in [-0.3, -0.25) is 0 Å². The Morgan fingerprint density at radius 1 is 1.14 bits per heavy atom. The van der Waals surface area contributed by atoms with Crippen LogP contribution in [0.15, 0.2) is 29.2 Å². The van der Waals surface area contributed by atoms with Crippen molar-refractivity contribution < 1.29 is 8.42 Å². The topological polar surface area (TPSA) is 58.2 Å². The number of rotatable bonds is 10. The van der Waals surface area contributed by atoms with Crippen LogP contribution in [0.4, 0.5) is 0 Å². The Morgan fingerprint density at radius 3 is 2.38 bits per heavy atom. The summed E-state index contributed by atoms with van der Waals surface area (Å²) in [5, 5.41) is 3.13. The molecule has 21 heavy (non-hydrogen) atoms. The molecule has 1 rings (SSSR count). The average Bonchev–Trinajstić information content (AvgIpc) is 2.50. The summed E-state index contributed by atoms with van der Waals surface area (Å²) in [7, 11) is -1.49. The third-order valence-corrected chi connectivity index (χ3v) is 5.61. The van der Waals surface area contributed by atoms with Gasteiger partial charge in [-0.15, -0.1) is 0 Å². The minimum Gasteiger partial charge on any atom is -0.313 e. The summed E-state index contributed by atoms with van der Waals surface area (Å²) < 4.78 is 26.9. The molecule has 1 unspecified atom stereocenters. The molecule has 4 nitrogen and oxygen atoms in total. The highest BCUT2D eigenvalue weighted by molar-refractivity contribution is 7.98. The van der Waals surface area contributed by atoms with Gasteiger partial charge in [0.05, 0.1) is 4.90 Å². The SMILES string of the molecule is CNC(C)c1ccc(S(=O)(=O)NCCCCCSC)cc1. The summed E-state index contributed by atoms with van der Waals surface area (Å²) in [6.45, 7) is 2.54. The number of nitrogens with one attached hydrogen (secondary N) is 2. The van der Waals surface area contributed by atoms with E-state index in [9.17, 15) is 8.42 Å². The predicted octanol–water partition coefficient (Wildman–Crippen LogP) is 2.78. The largest absolute Gasteiger partial charge is 0.313 e. The fourth-order valence-electron chi connectivity index (χ4n) is 1.94. The Kier molecular flexibility index (Phi) is 8.33. The van der Waals surface area contributed by atoms with Crippen LogP contribution >= 0.6 is 11.8 Å². The third-order valence-electron chi connectivity index (χ3n) is 3.44. The fourth-order valence-corrected chi connectivity index (χ4v) is 3.51. The highest BCUT2D eigenvalue weighted by Gasteiger charge is 2.13. The molecule has 0 bridgehead atoms. The molecule has 6 heteroatoms. The first-order valence-corrected chi connectivity index (χ1v) is 10.1. The van der Waals surface area contributed by atoms with Crippen LogP contribution in [0.5, 0.6) is 0 Å². The normalized spacial score (nSPS) is 13.3. The minimum atomic E-state index is -3.38. The molecular formula is C15H26N2O2S2. The lowest BCUT2D eigenvalue weighted by molar-refractivity contribution is 0.576. The molecule has 0 radical (unpaired) electrons. The molecule has 0 saturated carbocycles. The molecule has 0 heterocycles. The van der Waals surface area contributed by atoms with Gasteiger partial charge in [0.2, 0.25) is 10.0 Å². The zero-order valence-corrected chi connectivity index (χ0v) is 14.7. The molecule has 0 saturated heterocycles. The lowest BCUT2D eigenvalue weighted by Crippen LogP contribution is -2.25. The van der Waals surface area contributed by atoms with Crippen molar-refractivity contribution in [2.24, 2.45) is 0 Å². The van der Waals surface area contributed by atoms with E-state index in [2.05, 4.69) is 16.3 Å². The van der Waals surface area contributed by atoms with Gasteiger partial charge in [0, 0.05) is 12.6 Å². The predicted molar refractivity (Wildman–Crippen MR) is 91.3 cm³/mol. The number of sulfonamides is 1. The minimum absolute atomic E-state index is 0.214. The van der Waals surface area contributed by atoms with Crippen molar-refractivity contribution in [3.05, 3.63) is 29.8 Å². The van der Waals surface area contributed by atoms with Gasteiger partial charge in [0.15, 0.2) is 0 Å². The monoisotopic (exact) mass is 330 g/mol. The van der Waals surface area contributed by atoms with E-state index in [1.807, 2.05) is 37.9 Å². The van der Waals surface area contributed by atoms with Crippen LogP contribution in [0, 0.1) is 0 Å². The van der Waals surface area contributed by atoms with Crippen LogP contribution in [0.25, 0.3) is 0 Å². The van der Waals surface area contributed by atoms with Crippen molar-refractivity contribution in [3.63, 3.8) is 0 Å². The molecule has 0 fully saturated rings. The maximum Gasteiger partial charge on any atom is 0.240 e. The number of benzene rings is 1. The van der Waals surface area contributed by atoms with Crippen molar-refractivity contribution in [2.75, 3.05) is 25.6 Å². The van der Waals surface area contributed by atoms with Crippen LogP contribution < -0.4 is 10.0 Å². The fraction of sp³-hybridized carbons (Fsp3) is 0.600. The molecule has 1 aromatic rings. The molecule has 0 aliphatic rings. The Balaban J connectivity index is 2.50. The van der Waals surface area contributed by atoms with Crippen molar-refractivity contribution in [1.29, 1.82) is 0 Å². The summed E-state index contributed by atoms with van der Waals surface area (Å²) in [4.78, 5) is 0.332. The molecule has 1 atom stereocenters. The molecule has 0 aliphatic heterocycles. The second-order valence-electron chi connectivity index (χ2n) is 5.03. The van der Waals surface area contributed by atoms with E-state index in [0.29, 0.717) is 11.4 Å². The van der Waals surface area contributed by atoms with Crippen molar-refractivity contribution >= 4 is 21.8 Å². The molecule has 0 aliphatic carbocycles. The second kappa shape index (κ2) is 9.46. The summed E-state index contributed by atoms with van der Waals surface area (Å²) in [5.74, 6) is 1.14. The summed E-state index contributed by atoms with van der Waals surface area (Å²) >= 11 is 1.82. The van der Waals surface area contributed by atoms with E-state index in [-0.39, 0.29) is 6.04 Å². The van der Waals surface area contributed by atoms with E-state index >= 15 is 0 Å². The lowest BCUT2D eigenvalue weighted by atomic mass is 10.1.